The Morgan fingerprint density at radius 3 is 3.12 bits per heavy atom. The van der Waals surface area contributed by atoms with Gasteiger partial charge in [-0.3, -0.25) is 0 Å². The highest BCUT2D eigenvalue weighted by Gasteiger charge is 2.17. The van der Waals surface area contributed by atoms with E-state index in [1.54, 1.807) is 0 Å². The Kier molecular flexibility index (Phi) is 3.81. The summed E-state index contributed by atoms with van der Waals surface area (Å²) in [7, 11) is 0. The van der Waals surface area contributed by atoms with Gasteiger partial charge in [0, 0.05) is 13.2 Å². The number of carboxylic acid groups (broad SMARTS) is 1. The van der Waals surface area contributed by atoms with Crippen molar-refractivity contribution in [3.05, 3.63) is 22.8 Å². The Balaban J connectivity index is 2.07. The highest BCUT2D eigenvalue weighted by Crippen LogP contribution is 2.18. The second-order valence-corrected chi connectivity index (χ2v) is 4.24. The molecule has 1 aliphatic rings. The fourth-order valence-corrected chi connectivity index (χ4v) is 1.91. The first-order chi connectivity index (χ1) is 8.16. The topological polar surface area (TPSA) is 71.5 Å². The van der Waals surface area contributed by atoms with Crippen molar-refractivity contribution in [1.29, 1.82) is 0 Å². The quantitative estimate of drug-likeness (QED) is 0.807. The molecule has 1 aromatic heterocycles. The second-order valence-electron chi connectivity index (χ2n) is 3.85. The number of hydrogen-bond acceptors (Lipinski definition) is 4. The van der Waals surface area contributed by atoms with E-state index in [9.17, 15) is 4.79 Å². The minimum absolute atomic E-state index is 0.118. The molecule has 1 unspecified atom stereocenters. The second kappa shape index (κ2) is 5.33. The van der Waals surface area contributed by atoms with Crippen LogP contribution in [0.3, 0.4) is 0 Å². The molecule has 1 fully saturated rings. The number of carbonyl (C=O) groups is 1. The number of halogens is 1. The zero-order chi connectivity index (χ0) is 12.3. The Morgan fingerprint density at radius 1 is 1.65 bits per heavy atom. The number of ether oxygens (including phenoxy) is 1. The lowest BCUT2D eigenvalue weighted by molar-refractivity contribution is 0.0697. The maximum atomic E-state index is 11.0. The van der Waals surface area contributed by atoms with Gasteiger partial charge in [0.15, 0.2) is 0 Å². The van der Waals surface area contributed by atoms with Crippen molar-refractivity contribution in [3.63, 3.8) is 0 Å². The molecule has 17 heavy (non-hydrogen) atoms. The summed E-state index contributed by atoms with van der Waals surface area (Å²) in [6, 6.07) is 2.90. The molecule has 6 heteroatoms. The van der Waals surface area contributed by atoms with Crippen molar-refractivity contribution >= 4 is 23.4 Å². The van der Waals surface area contributed by atoms with Crippen molar-refractivity contribution in [2.45, 2.75) is 18.9 Å². The SMILES string of the molecule is O=C(O)c1ccc(Cl)nc1NCC1CCCO1. The van der Waals surface area contributed by atoms with Crippen molar-refractivity contribution in [2.24, 2.45) is 0 Å². The van der Waals surface area contributed by atoms with Crippen LogP contribution in [0.2, 0.25) is 5.15 Å². The first kappa shape index (κ1) is 12.1. The molecule has 0 amide bonds. The van der Waals surface area contributed by atoms with E-state index in [0.717, 1.165) is 19.4 Å². The van der Waals surface area contributed by atoms with Gasteiger partial charge >= 0.3 is 5.97 Å². The van der Waals surface area contributed by atoms with Crippen LogP contribution in [0.25, 0.3) is 0 Å². The molecule has 1 saturated heterocycles. The summed E-state index contributed by atoms with van der Waals surface area (Å²) >= 11 is 5.74. The summed E-state index contributed by atoms with van der Waals surface area (Å²) in [6.45, 7) is 1.31. The van der Waals surface area contributed by atoms with Gasteiger partial charge in [-0.2, -0.15) is 0 Å². The largest absolute Gasteiger partial charge is 0.478 e. The number of hydrogen-bond donors (Lipinski definition) is 2. The van der Waals surface area contributed by atoms with Crippen LogP contribution in [-0.4, -0.2) is 35.3 Å². The predicted molar refractivity (Wildman–Crippen MR) is 63.7 cm³/mol. The highest BCUT2D eigenvalue weighted by molar-refractivity contribution is 6.29. The molecule has 0 saturated carbocycles. The minimum atomic E-state index is -1.02. The van der Waals surface area contributed by atoms with Gasteiger partial charge in [-0.25, -0.2) is 9.78 Å². The molecule has 5 nitrogen and oxygen atoms in total. The molecular formula is C11H13ClN2O3. The number of nitrogens with zero attached hydrogens (tertiary/aromatic N) is 1. The maximum absolute atomic E-state index is 11.0. The third-order valence-electron chi connectivity index (χ3n) is 2.61. The van der Waals surface area contributed by atoms with E-state index in [4.69, 9.17) is 21.4 Å². The molecule has 0 aromatic carbocycles. The summed E-state index contributed by atoms with van der Waals surface area (Å²) in [6.07, 6.45) is 2.15. The molecule has 0 bridgehead atoms. The van der Waals surface area contributed by atoms with Gasteiger partial charge in [0.1, 0.15) is 16.5 Å². The fourth-order valence-electron chi connectivity index (χ4n) is 1.76. The number of nitrogens with one attached hydrogen (secondary N) is 1. The first-order valence-corrected chi connectivity index (χ1v) is 5.80. The Hall–Kier alpha value is -1.33. The number of rotatable bonds is 4. The van der Waals surface area contributed by atoms with Gasteiger partial charge in [-0.05, 0) is 25.0 Å². The highest BCUT2D eigenvalue weighted by atomic mass is 35.5. The zero-order valence-electron chi connectivity index (χ0n) is 9.15. The van der Waals surface area contributed by atoms with Gasteiger partial charge in [-0.1, -0.05) is 11.6 Å². The summed E-state index contributed by atoms with van der Waals surface area (Å²) < 4.78 is 5.43. The molecule has 1 aliphatic heterocycles. The molecule has 2 rings (SSSR count). The molecule has 1 atom stereocenters. The van der Waals surface area contributed by atoms with Gasteiger partial charge in [0.25, 0.3) is 0 Å². The molecule has 0 aliphatic carbocycles. The number of carboxylic acids is 1. The molecular weight excluding hydrogens is 244 g/mol. The zero-order valence-corrected chi connectivity index (χ0v) is 9.91. The van der Waals surface area contributed by atoms with Crippen molar-refractivity contribution < 1.29 is 14.6 Å². The lowest BCUT2D eigenvalue weighted by Gasteiger charge is -2.12. The van der Waals surface area contributed by atoms with Crippen molar-refractivity contribution in [3.8, 4) is 0 Å². The van der Waals surface area contributed by atoms with Gasteiger partial charge in [0.05, 0.1) is 6.10 Å². The van der Waals surface area contributed by atoms with E-state index in [2.05, 4.69) is 10.3 Å². The van der Waals surface area contributed by atoms with Crippen LogP contribution in [0, 0.1) is 0 Å². The summed E-state index contributed by atoms with van der Waals surface area (Å²) in [5.74, 6) is -0.732. The smallest absolute Gasteiger partial charge is 0.339 e. The van der Waals surface area contributed by atoms with Crippen molar-refractivity contribution in [2.75, 3.05) is 18.5 Å². The molecule has 0 radical (unpaired) electrons. The lowest BCUT2D eigenvalue weighted by Crippen LogP contribution is -2.20. The van der Waals surface area contributed by atoms with E-state index < -0.39 is 5.97 Å². The normalized spacial score (nSPS) is 19.2. The average molecular weight is 257 g/mol. The third kappa shape index (κ3) is 3.08. The summed E-state index contributed by atoms with van der Waals surface area (Å²) in [4.78, 5) is 14.9. The van der Waals surface area contributed by atoms with Gasteiger partial charge < -0.3 is 15.2 Å². The Bertz CT molecular complexity index is 419. The fraction of sp³-hybridized carbons (Fsp3) is 0.455. The lowest BCUT2D eigenvalue weighted by atomic mass is 10.2. The number of pyridine rings is 1. The van der Waals surface area contributed by atoms with Crippen LogP contribution in [0.1, 0.15) is 23.2 Å². The average Bonchev–Trinajstić information content (AvgIpc) is 2.78. The third-order valence-corrected chi connectivity index (χ3v) is 2.82. The van der Waals surface area contributed by atoms with Gasteiger partial charge in [0.2, 0.25) is 0 Å². The molecule has 2 N–H and O–H groups in total. The number of aromatic nitrogens is 1. The molecule has 0 spiro atoms. The Labute approximate surface area is 104 Å². The van der Waals surface area contributed by atoms with Crippen LogP contribution < -0.4 is 5.32 Å². The van der Waals surface area contributed by atoms with E-state index in [1.807, 2.05) is 0 Å². The van der Waals surface area contributed by atoms with Crippen LogP contribution in [0.15, 0.2) is 12.1 Å². The first-order valence-electron chi connectivity index (χ1n) is 5.42. The molecule has 92 valence electrons. The van der Waals surface area contributed by atoms with E-state index in [1.165, 1.54) is 12.1 Å². The monoisotopic (exact) mass is 256 g/mol. The Morgan fingerprint density at radius 2 is 2.47 bits per heavy atom. The van der Waals surface area contributed by atoms with Crippen LogP contribution in [0.4, 0.5) is 5.82 Å². The van der Waals surface area contributed by atoms with E-state index >= 15 is 0 Å². The summed E-state index contributed by atoms with van der Waals surface area (Å²) in [5, 5.41) is 12.2. The van der Waals surface area contributed by atoms with Crippen LogP contribution in [-0.2, 0) is 4.74 Å². The van der Waals surface area contributed by atoms with Gasteiger partial charge in [-0.15, -0.1) is 0 Å². The molecule has 1 aromatic rings. The minimum Gasteiger partial charge on any atom is -0.478 e. The summed E-state index contributed by atoms with van der Waals surface area (Å²) in [5.41, 5.74) is 0.118. The van der Waals surface area contributed by atoms with Crippen molar-refractivity contribution in [1.82, 2.24) is 4.98 Å². The predicted octanol–water partition coefficient (Wildman–Crippen LogP) is 2.02. The van der Waals surface area contributed by atoms with Crippen LogP contribution in [0.5, 0.6) is 0 Å². The number of aromatic carboxylic acids is 1. The molecule has 2 heterocycles. The maximum Gasteiger partial charge on any atom is 0.339 e. The van der Waals surface area contributed by atoms with Crippen LogP contribution >= 0.6 is 11.6 Å². The number of anilines is 1. The van der Waals surface area contributed by atoms with E-state index in [0.29, 0.717) is 12.4 Å². The van der Waals surface area contributed by atoms with E-state index in [-0.39, 0.29) is 16.8 Å². The standard InChI is InChI=1S/C11H13ClN2O3/c12-9-4-3-8(11(15)16)10(14-9)13-6-7-2-1-5-17-7/h3-4,7H,1-2,5-6H2,(H,13,14)(H,15,16).